The minimum absolute atomic E-state index is 0.0695. The van der Waals surface area contributed by atoms with Crippen molar-refractivity contribution >= 4 is 22.8 Å². The molecule has 0 fully saturated rings. The average Bonchev–Trinajstić information content (AvgIpc) is 3.26. The van der Waals surface area contributed by atoms with Gasteiger partial charge < -0.3 is 15.6 Å². The van der Waals surface area contributed by atoms with Crippen molar-refractivity contribution in [1.82, 2.24) is 24.8 Å². The van der Waals surface area contributed by atoms with Crippen LogP contribution in [0.5, 0.6) is 11.6 Å². The lowest BCUT2D eigenvalue weighted by molar-refractivity contribution is 0.415. The van der Waals surface area contributed by atoms with Gasteiger partial charge in [0.2, 0.25) is 5.88 Å². The number of methoxy groups -OCH3 is 1. The van der Waals surface area contributed by atoms with Crippen molar-refractivity contribution in [2.24, 2.45) is 0 Å². The number of benzene rings is 1. The summed E-state index contributed by atoms with van der Waals surface area (Å²) in [6, 6.07) is 7.70. The molecule has 0 spiro atoms. The van der Waals surface area contributed by atoms with E-state index < -0.39 is 0 Å². The summed E-state index contributed by atoms with van der Waals surface area (Å²) in [5, 5.41) is 24.7. The summed E-state index contributed by atoms with van der Waals surface area (Å²) in [6.07, 6.45) is 0.720. The second kappa shape index (κ2) is 6.26. The van der Waals surface area contributed by atoms with E-state index in [9.17, 15) is 5.11 Å². The van der Waals surface area contributed by atoms with Gasteiger partial charge >= 0.3 is 0 Å². The van der Waals surface area contributed by atoms with Crippen molar-refractivity contribution in [3.8, 4) is 33.5 Å². The summed E-state index contributed by atoms with van der Waals surface area (Å²) in [4.78, 5) is 4.01. The van der Waals surface area contributed by atoms with E-state index in [1.54, 1.807) is 11.6 Å². The first-order chi connectivity index (χ1) is 12.6. The van der Waals surface area contributed by atoms with Crippen LogP contribution in [-0.2, 0) is 6.42 Å². The van der Waals surface area contributed by atoms with Crippen LogP contribution < -0.4 is 10.5 Å². The summed E-state index contributed by atoms with van der Waals surface area (Å²) in [7, 11) is 1.63. The Morgan fingerprint density at radius 2 is 2.00 bits per heavy atom. The molecule has 0 aliphatic carbocycles. The maximum atomic E-state index is 9.47. The van der Waals surface area contributed by atoms with Gasteiger partial charge in [-0.2, -0.15) is 14.6 Å². The Kier molecular flexibility index (Phi) is 3.92. The van der Waals surface area contributed by atoms with E-state index >= 15 is 0 Å². The fourth-order valence-electron chi connectivity index (χ4n) is 2.79. The van der Waals surface area contributed by atoms with Crippen LogP contribution in [0.1, 0.15) is 12.6 Å². The molecule has 0 amide bonds. The molecule has 0 bridgehead atoms. The van der Waals surface area contributed by atoms with Crippen LogP contribution in [0.15, 0.2) is 29.6 Å². The maximum absolute atomic E-state index is 9.47. The van der Waals surface area contributed by atoms with E-state index in [1.165, 1.54) is 16.7 Å². The van der Waals surface area contributed by atoms with Crippen LogP contribution in [0, 0.1) is 0 Å². The minimum atomic E-state index is -0.0695. The Balaban J connectivity index is 1.92. The molecule has 8 nitrogen and oxygen atoms in total. The molecule has 132 valence electrons. The molecule has 4 rings (SSSR count). The molecule has 0 atom stereocenters. The highest BCUT2D eigenvalue weighted by Crippen LogP contribution is 2.33. The van der Waals surface area contributed by atoms with Crippen LogP contribution in [0.4, 0.5) is 5.82 Å². The van der Waals surface area contributed by atoms with E-state index in [-0.39, 0.29) is 5.88 Å². The third-order valence-corrected chi connectivity index (χ3v) is 4.89. The number of fused-ring (bicyclic) bond motifs is 1. The molecule has 4 aromatic rings. The lowest BCUT2D eigenvalue weighted by Gasteiger charge is -2.05. The molecule has 3 N–H and O–H groups in total. The standard InChI is InChI=1S/C17H16N6O2S/c1-3-11-13(9-4-6-10(25-2)7-5-9)16-21-20-14(15(18)23(16)22-11)17-19-12(24)8-26-17/h4-8,24H,3,18H2,1-2H3. The maximum Gasteiger partial charge on any atom is 0.222 e. The lowest BCUT2D eigenvalue weighted by Crippen LogP contribution is -2.05. The predicted molar refractivity (Wildman–Crippen MR) is 99.3 cm³/mol. The van der Waals surface area contributed by atoms with Crippen molar-refractivity contribution in [2.45, 2.75) is 13.3 Å². The van der Waals surface area contributed by atoms with Crippen LogP contribution >= 0.6 is 11.3 Å². The molecule has 9 heteroatoms. The molecule has 3 aromatic heterocycles. The van der Waals surface area contributed by atoms with E-state index in [4.69, 9.17) is 10.5 Å². The van der Waals surface area contributed by atoms with Crippen molar-refractivity contribution in [1.29, 1.82) is 0 Å². The summed E-state index contributed by atoms with van der Waals surface area (Å²) in [5.74, 6) is 1.04. The first kappa shape index (κ1) is 16.3. The third kappa shape index (κ3) is 2.53. The average molecular weight is 368 g/mol. The Labute approximate surface area is 152 Å². The number of aromatic hydroxyl groups is 1. The van der Waals surface area contributed by atoms with Crippen LogP contribution in [0.2, 0.25) is 0 Å². The normalized spacial score (nSPS) is 11.2. The number of nitrogens with zero attached hydrogens (tertiary/aromatic N) is 5. The molecule has 0 aliphatic heterocycles. The summed E-state index contributed by atoms with van der Waals surface area (Å²) < 4.78 is 6.80. The van der Waals surface area contributed by atoms with E-state index in [1.807, 2.05) is 31.2 Å². The molecular formula is C17H16N6O2S. The molecule has 0 aliphatic rings. The lowest BCUT2D eigenvalue weighted by atomic mass is 10.0. The Hall–Kier alpha value is -3.20. The number of aryl methyl sites for hydroxylation is 1. The Morgan fingerprint density at radius 1 is 1.23 bits per heavy atom. The van der Waals surface area contributed by atoms with Gasteiger partial charge in [0.25, 0.3) is 0 Å². The second-order valence-corrected chi connectivity index (χ2v) is 6.44. The molecule has 0 saturated heterocycles. The highest BCUT2D eigenvalue weighted by Gasteiger charge is 2.20. The number of nitrogens with two attached hydrogens (primary N) is 1. The highest BCUT2D eigenvalue weighted by molar-refractivity contribution is 7.13. The van der Waals surface area contributed by atoms with Crippen molar-refractivity contribution in [3.05, 3.63) is 35.3 Å². The minimum Gasteiger partial charge on any atom is -0.497 e. The topological polar surface area (TPSA) is 111 Å². The fourth-order valence-corrected chi connectivity index (χ4v) is 3.46. The van der Waals surface area contributed by atoms with Crippen LogP contribution in [0.3, 0.4) is 0 Å². The summed E-state index contributed by atoms with van der Waals surface area (Å²) in [5.41, 5.74) is 9.99. The smallest absolute Gasteiger partial charge is 0.222 e. The number of aromatic nitrogens is 5. The first-order valence-corrected chi connectivity index (χ1v) is 8.83. The third-order valence-electron chi connectivity index (χ3n) is 4.06. The molecular weight excluding hydrogens is 352 g/mol. The van der Waals surface area contributed by atoms with E-state index in [2.05, 4.69) is 20.3 Å². The predicted octanol–water partition coefficient (Wildman–Crippen LogP) is 2.77. The zero-order valence-corrected chi connectivity index (χ0v) is 15.0. The first-order valence-electron chi connectivity index (χ1n) is 7.95. The number of anilines is 1. The summed E-state index contributed by atoms with van der Waals surface area (Å²) >= 11 is 1.24. The van der Waals surface area contributed by atoms with Gasteiger partial charge in [0, 0.05) is 0 Å². The number of hydrogen-bond acceptors (Lipinski definition) is 8. The van der Waals surface area contributed by atoms with Gasteiger partial charge in [-0.15, -0.1) is 21.5 Å². The molecule has 3 heterocycles. The van der Waals surface area contributed by atoms with Gasteiger partial charge in [-0.25, -0.2) is 0 Å². The summed E-state index contributed by atoms with van der Waals surface area (Å²) in [6.45, 7) is 2.03. The van der Waals surface area contributed by atoms with Gasteiger partial charge in [-0.1, -0.05) is 19.1 Å². The monoisotopic (exact) mass is 368 g/mol. The molecule has 0 saturated carbocycles. The van der Waals surface area contributed by atoms with Crippen LogP contribution in [0.25, 0.3) is 27.5 Å². The fraction of sp³-hybridized carbons (Fsp3) is 0.176. The molecule has 0 radical (unpaired) electrons. The highest BCUT2D eigenvalue weighted by atomic mass is 32.1. The Bertz CT molecular complexity index is 1090. The van der Waals surface area contributed by atoms with Gasteiger partial charge in [0.1, 0.15) is 5.75 Å². The van der Waals surface area contributed by atoms with Gasteiger partial charge in [-0.05, 0) is 24.1 Å². The van der Waals surface area contributed by atoms with Crippen molar-refractivity contribution < 1.29 is 9.84 Å². The second-order valence-electron chi connectivity index (χ2n) is 5.58. The Morgan fingerprint density at radius 3 is 2.62 bits per heavy atom. The number of ether oxygens (including phenoxy) is 1. The molecule has 0 unspecified atom stereocenters. The SMILES string of the molecule is CCc1nn2c(N)c(-c3nc(O)cs3)nnc2c1-c1ccc(OC)cc1. The zero-order valence-electron chi connectivity index (χ0n) is 14.2. The van der Waals surface area contributed by atoms with Crippen LogP contribution in [-0.4, -0.2) is 37.0 Å². The van der Waals surface area contributed by atoms with Gasteiger partial charge in [0.15, 0.2) is 22.2 Å². The zero-order chi connectivity index (χ0) is 18.3. The van der Waals surface area contributed by atoms with Gasteiger partial charge in [-0.3, -0.25) is 0 Å². The van der Waals surface area contributed by atoms with E-state index in [0.29, 0.717) is 22.2 Å². The van der Waals surface area contributed by atoms with Crippen molar-refractivity contribution in [2.75, 3.05) is 12.8 Å². The molecule has 1 aromatic carbocycles. The number of nitrogen functional groups attached to an aromatic ring is 1. The van der Waals surface area contributed by atoms with Gasteiger partial charge in [0.05, 0.1) is 23.7 Å². The number of rotatable bonds is 4. The van der Waals surface area contributed by atoms with E-state index in [0.717, 1.165) is 29.0 Å². The largest absolute Gasteiger partial charge is 0.497 e. The number of hydrogen-bond donors (Lipinski definition) is 2. The van der Waals surface area contributed by atoms with Crippen molar-refractivity contribution in [3.63, 3.8) is 0 Å². The quantitative estimate of drug-likeness (QED) is 0.569. The number of thiazole rings is 1. The molecule has 26 heavy (non-hydrogen) atoms.